The van der Waals surface area contributed by atoms with Crippen molar-refractivity contribution in [2.24, 2.45) is 5.73 Å². The maximum Gasteiger partial charge on any atom is 0.124 e. The highest BCUT2D eigenvalue weighted by Gasteiger charge is 2.15. The summed E-state index contributed by atoms with van der Waals surface area (Å²) < 4.78 is 13.3. The van der Waals surface area contributed by atoms with Crippen LogP contribution in [-0.2, 0) is 6.42 Å². The molecule has 0 aliphatic rings. The Morgan fingerprint density at radius 2 is 1.91 bits per heavy atom. The van der Waals surface area contributed by atoms with Crippen LogP contribution in [0.25, 0.3) is 22.2 Å². The van der Waals surface area contributed by atoms with E-state index in [0.29, 0.717) is 11.6 Å². The first-order chi connectivity index (χ1) is 10.7. The average molecular weight is 317 g/mol. The summed E-state index contributed by atoms with van der Waals surface area (Å²) in [6.07, 6.45) is 2.92. The van der Waals surface area contributed by atoms with Gasteiger partial charge in [-0.3, -0.25) is 0 Å². The lowest BCUT2D eigenvalue weighted by molar-refractivity contribution is 0.628. The molecule has 0 amide bonds. The Morgan fingerprint density at radius 3 is 2.68 bits per heavy atom. The van der Waals surface area contributed by atoms with Gasteiger partial charge >= 0.3 is 0 Å². The minimum Gasteiger partial charge on any atom is -0.354 e. The van der Waals surface area contributed by atoms with E-state index in [1.54, 1.807) is 6.07 Å². The summed E-state index contributed by atoms with van der Waals surface area (Å²) >= 11 is 6.24. The SMILES string of the molecule is NCCCCc1c(-c2ccc(F)cc2Cl)[nH]c2ccccc12. The molecule has 3 N–H and O–H groups in total. The van der Waals surface area contributed by atoms with Crippen LogP contribution in [0.5, 0.6) is 0 Å². The van der Waals surface area contributed by atoms with E-state index in [2.05, 4.69) is 11.1 Å². The zero-order chi connectivity index (χ0) is 15.5. The van der Waals surface area contributed by atoms with Crippen molar-refractivity contribution < 1.29 is 4.39 Å². The maximum atomic E-state index is 13.3. The van der Waals surface area contributed by atoms with E-state index >= 15 is 0 Å². The van der Waals surface area contributed by atoms with Gasteiger partial charge in [-0.05, 0) is 55.6 Å². The predicted octanol–water partition coefficient (Wildman–Crippen LogP) is 4.91. The molecule has 2 nitrogen and oxygen atoms in total. The molecule has 0 saturated carbocycles. The van der Waals surface area contributed by atoms with Crippen LogP contribution in [0.2, 0.25) is 5.02 Å². The Morgan fingerprint density at radius 1 is 1.09 bits per heavy atom. The normalized spacial score (nSPS) is 11.2. The van der Waals surface area contributed by atoms with Crippen LogP contribution < -0.4 is 5.73 Å². The summed E-state index contributed by atoms with van der Waals surface area (Å²) in [6.45, 7) is 0.689. The molecule has 0 atom stereocenters. The molecule has 4 heteroatoms. The molecule has 3 aromatic rings. The molecule has 0 unspecified atom stereocenters. The smallest absolute Gasteiger partial charge is 0.124 e. The summed E-state index contributed by atoms with van der Waals surface area (Å²) in [4.78, 5) is 3.43. The van der Waals surface area contributed by atoms with Crippen molar-refractivity contribution in [1.29, 1.82) is 0 Å². The van der Waals surface area contributed by atoms with Gasteiger partial charge < -0.3 is 10.7 Å². The van der Waals surface area contributed by atoms with Gasteiger partial charge in [-0.2, -0.15) is 0 Å². The standard InChI is InChI=1S/C18H18ClFN2/c19-16-11-12(20)8-9-15(16)18-14(6-3-4-10-21)13-5-1-2-7-17(13)22-18/h1-2,5,7-9,11,22H,3-4,6,10,21H2. The summed E-state index contributed by atoms with van der Waals surface area (Å²) in [7, 11) is 0. The van der Waals surface area contributed by atoms with Crippen LogP contribution >= 0.6 is 11.6 Å². The van der Waals surface area contributed by atoms with Crippen molar-refractivity contribution in [1.82, 2.24) is 4.98 Å². The van der Waals surface area contributed by atoms with Gasteiger partial charge in [0.1, 0.15) is 5.82 Å². The number of para-hydroxylation sites is 1. The molecule has 0 aliphatic heterocycles. The Hall–Kier alpha value is -1.84. The lowest BCUT2D eigenvalue weighted by atomic mass is 10.0. The van der Waals surface area contributed by atoms with Crippen molar-refractivity contribution in [2.75, 3.05) is 6.54 Å². The van der Waals surface area contributed by atoms with Gasteiger partial charge in [0.25, 0.3) is 0 Å². The molecule has 114 valence electrons. The lowest BCUT2D eigenvalue weighted by Gasteiger charge is -2.07. The van der Waals surface area contributed by atoms with E-state index in [-0.39, 0.29) is 5.82 Å². The molecule has 22 heavy (non-hydrogen) atoms. The molecule has 1 heterocycles. The molecule has 0 fully saturated rings. The first-order valence-electron chi connectivity index (χ1n) is 7.46. The summed E-state index contributed by atoms with van der Waals surface area (Å²) in [5.74, 6) is -0.324. The molecular formula is C18H18ClFN2. The minimum absolute atomic E-state index is 0.324. The average Bonchev–Trinajstić information content (AvgIpc) is 2.86. The number of aromatic amines is 1. The second kappa shape index (κ2) is 6.51. The van der Waals surface area contributed by atoms with E-state index in [1.165, 1.54) is 23.1 Å². The largest absolute Gasteiger partial charge is 0.354 e. The number of aryl methyl sites for hydroxylation is 1. The first-order valence-corrected chi connectivity index (χ1v) is 7.83. The fourth-order valence-electron chi connectivity index (χ4n) is 2.83. The van der Waals surface area contributed by atoms with E-state index in [1.807, 2.05) is 18.2 Å². The fraction of sp³-hybridized carbons (Fsp3) is 0.222. The first kappa shape index (κ1) is 15.1. The molecular weight excluding hydrogens is 299 g/mol. The van der Waals surface area contributed by atoms with Gasteiger partial charge in [0, 0.05) is 16.5 Å². The van der Waals surface area contributed by atoms with Gasteiger partial charge in [-0.1, -0.05) is 29.8 Å². The number of nitrogens with two attached hydrogens (primary N) is 1. The zero-order valence-corrected chi connectivity index (χ0v) is 13.0. The van der Waals surface area contributed by atoms with Crippen molar-refractivity contribution in [3.05, 3.63) is 58.9 Å². The molecule has 0 spiro atoms. The van der Waals surface area contributed by atoms with Crippen molar-refractivity contribution in [3.8, 4) is 11.3 Å². The number of halogens is 2. The Balaban J connectivity index is 2.12. The second-order valence-electron chi connectivity index (χ2n) is 5.39. The monoisotopic (exact) mass is 316 g/mol. The Labute approximate surface area is 134 Å². The number of fused-ring (bicyclic) bond motifs is 1. The van der Waals surface area contributed by atoms with Crippen LogP contribution in [0.15, 0.2) is 42.5 Å². The number of aromatic nitrogens is 1. The fourth-order valence-corrected chi connectivity index (χ4v) is 3.09. The number of hydrogen-bond acceptors (Lipinski definition) is 1. The highest BCUT2D eigenvalue weighted by molar-refractivity contribution is 6.33. The molecule has 3 rings (SSSR count). The molecule has 1 aromatic heterocycles. The van der Waals surface area contributed by atoms with E-state index < -0.39 is 0 Å². The van der Waals surface area contributed by atoms with E-state index in [9.17, 15) is 4.39 Å². The predicted molar refractivity (Wildman–Crippen MR) is 90.7 cm³/mol. The molecule has 0 aliphatic carbocycles. The number of rotatable bonds is 5. The van der Waals surface area contributed by atoms with Crippen molar-refractivity contribution >= 4 is 22.5 Å². The van der Waals surface area contributed by atoms with Gasteiger partial charge in [-0.15, -0.1) is 0 Å². The summed E-state index contributed by atoms with van der Waals surface area (Å²) in [5.41, 5.74) is 9.70. The molecule has 0 saturated heterocycles. The number of unbranched alkanes of at least 4 members (excludes halogenated alkanes) is 1. The topological polar surface area (TPSA) is 41.8 Å². The van der Waals surface area contributed by atoms with Crippen LogP contribution in [0.4, 0.5) is 4.39 Å². The van der Waals surface area contributed by atoms with Crippen molar-refractivity contribution in [3.63, 3.8) is 0 Å². The van der Waals surface area contributed by atoms with Gasteiger partial charge in [-0.25, -0.2) is 4.39 Å². The van der Waals surface area contributed by atoms with Gasteiger partial charge in [0.15, 0.2) is 0 Å². The molecule has 2 aromatic carbocycles. The minimum atomic E-state index is -0.324. The number of hydrogen-bond donors (Lipinski definition) is 2. The quantitative estimate of drug-likeness (QED) is 0.645. The lowest BCUT2D eigenvalue weighted by Crippen LogP contribution is -1.99. The third-order valence-corrected chi connectivity index (χ3v) is 4.21. The highest BCUT2D eigenvalue weighted by Crippen LogP contribution is 2.35. The van der Waals surface area contributed by atoms with Crippen molar-refractivity contribution in [2.45, 2.75) is 19.3 Å². The van der Waals surface area contributed by atoms with Gasteiger partial charge in [0.05, 0.1) is 10.7 Å². The van der Waals surface area contributed by atoms with Crippen LogP contribution in [0.3, 0.4) is 0 Å². The maximum absolute atomic E-state index is 13.3. The van der Waals surface area contributed by atoms with Crippen LogP contribution in [0.1, 0.15) is 18.4 Å². The molecule has 0 bridgehead atoms. The number of benzene rings is 2. The number of nitrogens with one attached hydrogen (secondary N) is 1. The van der Waals surface area contributed by atoms with Crippen LogP contribution in [-0.4, -0.2) is 11.5 Å². The van der Waals surface area contributed by atoms with Crippen LogP contribution in [0, 0.1) is 5.82 Å². The van der Waals surface area contributed by atoms with Gasteiger partial charge in [0.2, 0.25) is 0 Å². The summed E-state index contributed by atoms with van der Waals surface area (Å²) in [5, 5.41) is 1.61. The van der Waals surface area contributed by atoms with E-state index in [4.69, 9.17) is 17.3 Å². The zero-order valence-electron chi connectivity index (χ0n) is 12.2. The third kappa shape index (κ3) is 2.87. The Bertz CT molecular complexity index is 795. The second-order valence-corrected chi connectivity index (χ2v) is 5.80. The number of H-pyrrole nitrogens is 1. The highest BCUT2D eigenvalue weighted by atomic mass is 35.5. The summed E-state index contributed by atoms with van der Waals surface area (Å²) in [6, 6.07) is 12.7. The Kier molecular flexibility index (Phi) is 4.46. The van der Waals surface area contributed by atoms with E-state index in [0.717, 1.165) is 36.0 Å². The third-order valence-electron chi connectivity index (χ3n) is 3.90. The molecule has 0 radical (unpaired) electrons.